The van der Waals surface area contributed by atoms with Gasteiger partial charge >= 0.3 is 5.97 Å². The van der Waals surface area contributed by atoms with Crippen LogP contribution in [0.4, 0.5) is 4.39 Å². The Morgan fingerprint density at radius 3 is 2.56 bits per heavy atom. The summed E-state index contributed by atoms with van der Waals surface area (Å²) in [7, 11) is 0. The molecule has 4 aromatic carbocycles. The van der Waals surface area contributed by atoms with E-state index in [0.29, 0.717) is 17.5 Å². The minimum Gasteiger partial charge on any atom is -0.489 e. The molecular formula is C30H29ClFNO3. The van der Waals surface area contributed by atoms with Gasteiger partial charge in [0.25, 0.3) is 0 Å². The second kappa shape index (κ2) is 10.7. The van der Waals surface area contributed by atoms with E-state index >= 15 is 0 Å². The Kier molecular flexibility index (Phi) is 7.62. The van der Waals surface area contributed by atoms with Crippen molar-refractivity contribution in [1.29, 1.82) is 0 Å². The highest BCUT2D eigenvalue weighted by Gasteiger charge is 2.30. The number of rotatable bonds is 6. The zero-order valence-corrected chi connectivity index (χ0v) is 21.0. The van der Waals surface area contributed by atoms with Gasteiger partial charge in [0.1, 0.15) is 17.7 Å². The molecule has 3 atom stereocenters. The van der Waals surface area contributed by atoms with Crippen LogP contribution in [-0.4, -0.2) is 23.7 Å². The topological polar surface area (TPSA) is 58.6 Å². The monoisotopic (exact) mass is 505 g/mol. The lowest BCUT2D eigenvalue weighted by molar-refractivity contribution is 0.0696. The molecule has 0 saturated heterocycles. The predicted octanol–water partition coefficient (Wildman–Crippen LogP) is 7.04. The summed E-state index contributed by atoms with van der Waals surface area (Å²) < 4.78 is 20.6. The van der Waals surface area contributed by atoms with Gasteiger partial charge in [0.15, 0.2) is 0 Å². The Hall–Kier alpha value is -3.41. The Balaban J connectivity index is 0.00000304. The van der Waals surface area contributed by atoms with Crippen molar-refractivity contribution in [2.75, 3.05) is 6.54 Å². The molecule has 0 spiro atoms. The normalized spacial score (nSPS) is 17.5. The number of ether oxygens (including phenoxy) is 1. The van der Waals surface area contributed by atoms with Crippen molar-refractivity contribution in [2.24, 2.45) is 0 Å². The van der Waals surface area contributed by atoms with E-state index in [1.165, 1.54) is 6.07 Å². The molecule has 36 heavy (non-hydrogen) atoms. The van der Waals surface area contributed by atoms with E-state index in [2.05, 4.69) is 18.3 Å². The van der Waals surface area contributed by atoms with Gasteiger partial charge in [-0.2, -0.15) is 0 Å². The molecule has 0 saturated carbocycles. The molecule has 4 nitrogen and oxygen atoms in total. The van der Waals surface area contributed by atoms with Crippen LogP contribution in [0.15, 0.2) is 78.9 Å². The summed E-state index contributed by atoms with van der Waals surface area (Å²) in [6, 6.07) is 24.6. The average Bonchev–Trinajstić information content (AvgIpc) is 2.87. The first kappa shape index (κ1) is 25.7. The molecule has 186 valence electrons. The van der Waals surface area contributed by atoms with Crippen molar-refractivity contribution in [3.05, 3.63) is 112 Å². The standard InChI is InChI=1S/C30H28FNO3.ClH/c1-18-11-12-20(15-26(18)30(33)34)27-16-21(35-29-10-6-5-9-25(27)29)17-32-19(2)22-13-14-28(31)24-8-4-3-7-23(22)24;/h3-15,19,21,27,32H,16-17H2,1-2H3,(H,33,34);1H/t19?,21-,27+;/m1./s1. The van der Waals surface area contributed by atoms with Gasteiger partial charge in [0.2, 0.25) is 0 Å². The van der Waals surface area contributed by atoms with Crippen LogP contribution in [0.5, 0.6) is 5.75 Å². The third kappa shape index (κ3) is 4.95. The van der Waals surface area contributed by atoms with E-state index in [4.69, 9.17) is 4.74 Å². The molecule has 1 aliphatic rings. The number of carboxylic acids is 1. The van der Waals surface area contributed by atoms with Gasteiger partial charge < -0.3 is 15.2 Å². The average molecular weight is 506 g/mol. The molecular weight excluding hydrogens is 477 g/mol. The van der Waals surface area contributed by atoms with Gasteiger partial charge in [-0.3, -0.25) is 0 Å². The first-order chi connectivity index (χ1) is 16.9. The molecule has 2 N–H and O–H groups in total. The van der Waals surface area contributed by atoms with E-state index in [-0.39, 0.29) is 36.3 Å². The second-order valence-corrected chi connectivity index (χ2v) is 9.26. The maximum atomic E-state index is 14.3. The van der Waals surface area contributed by atoms with Crippen molar-refractivity contribution in [3.8, 4) is 5.75 Å². The fourth-order valence-electron chi connectivity index (χ4n) is 5.10. The van der Waals surface area contributed by atoms with Crippen LogP contribution in [0.2, 0.25) is 0 Å². The van der Waals surface area contributed by atoms with Gasteiger partial charge in [-0.05, 0) is 60.5 Å². The number of para-hydroxylation sites is 1. The maximum absolute atomic E-state index is 14.3. The highest BCUT2D eigenvalue weighted by atomic mass is 35.5. The van der Waals surface area contributed by atoms with Crippen molar-refractivity contribution in [3.63, 3.8) is 0 Å². The van der Waals surface area contributed by atoms with E-state index in [9.17, 15) is 14.3 Å². The van der Waals surface area contributed by atoms with Crippen molar-refractivity contribution < 1.29 is 19.0 Å². The molecule has 0 aliphatic carbocycles. The molecule has 1 aliphatic heterocycles. The van der Waals surface area contributed by atoms with Crippen molar-refractivity contribution >= 4 is 29.1 Å². The van der Waals surface area contributed by atoms with Gasteiger partial charge in [-0.25, -0.2) is 9.18 Å². The Labute approximate surface area is 216 Å². The third-order valence-electron chi connectivity index (χ3n) is 7.00. The molecule has 0 aromatic heterocycles. The second-order valence-electron chi connectivity index (χ2n) is 9.26. The fraction of sp³-hybridized carbons (Fsp3) is 0.233. The Morgan fingerprint density at radius 1 is 1.06 bits per heavy atom. The maximum Gasteiger partial charge on any atom is 0.335 e. The summed E-state index contributed by atoms with van der Waals surface area (Å²) in [5.74, 6) is -0.269. The molecule has 4 aromatic rings. The molecule has 1 heterocycles. The summed E-state index contributed by atoms with van der Waals surface area (Å²) in [5, 5.41) is 14.7. The largest absolute Gasteiger partial charge is 0.489 e. The van der Waals surface area contributed by atoms with Crippen molar-refractivity contribution in [2.45, 2.75) is 38.3 Å². The van der Waals surface area contributed by atoms with Crippen LogP contribution in [-0.2, 0) is 0 Å². The number of halogens is 2. The number of carboxylic acid groups (broad SMARTS) is 1. The Morgan fingerprint density at radius 2 is 1.78 bits per heavy atom. The van der Waals surface area contributed by atoms with Gasteiger partial charge in [0, 0.05) is 29.5 Å². The van der Waals surface area contributed by atoms with Crippen LogP contribution in [0, 0.1) is 12.7 Å². The summed E-state index contributed by atoms with van der Waals surface area (Å²) in [5.41, 5.74) is 4.17. The number of fused-ring (bicyclic) bond motifs is 2. The summed E-state index contributed by atoms with van der Waals surface area (Å²) in [6.07, 6.45) is 0.627. The highest BCUT2D eigenvalue weighted by Crippen LogP contribution is 2.41. The summed E-state index contributed by atoms with van der Waals surface area (Å²) >= 11 is 0. The summed E-state index contributed by atoms with van der Waals surface area (Å²) in [6.45, 7) is 4.50. The summed E-state index contributed by atoms with van der Waals surface area (Å²) in [4.78, 5) is 11.7. The quantitative estimate of drug-likeness (QED) is 0.295. The minimum absolute atomic E-state index is 0. The zero-order chi connectivity index (χ0) is 24.5. The molecule has 1 unspecified atom stereocenters. The van der Waals surface area contributed by atoms with E-state index in [0.717, 1.165) is 39.8 Å². The smallest absolute Gasteiger partial charge is 0.335 e. The molecule has 0 bridgehead atoms. The van der Waals surface area contributed by atoms with Gasteiger partial charge in [0.05, 0.1) is 5.56 Å². The first-order valence-electron chi connectivity index (χ1n) is 11.9. The Bertz CT molecular complexity index is 1410. The number of hydrogen-bond acceptors (Lipinski definition) is 3. The van der Waals surface area contributed by atoms with Crippen molar-refractivity contribution in [1.82, 2.24) is 5.32 Å². The van der Waals surface area contributed by atoms with Crippen LogP contribution in [0.1, 0.15) is 57.9 Å². The van der Waals surface area contributed by atoms with Crippen LogP contribution >= 0.6 is 12.4 Å². The number of benzene rings is 4. The molecule has 5 rings (SSSR count). The lowest BCUT2D eigenvalue weighted by Crippen LogP contribution is -2.37. The number of nitrogens with one attached hydrogen (secondary N) is 1. The van der Waals surface area contributed by atoms with Gasteiger partial charge in [-0.15, -0.1) is 12.4 Å². The first-order valence-corrected chi connectivity index (χ1v) is 11.9. The zero-order valence-electron chi connectivity index (χ0n) is 20.2. The lowest BCUT2D eigenvalue weighted by atomic mass is 9.83. The lowest BCUT2D eigenvalue weighted by Gasteiger charge is -2.33. The number of hydrogen-bond donors (Lipinski definition) is 2. The van der Waals surface area contributed by atoms with Gasteiger partial charge in [-0.1, -0.05) is 60.7 Å². The van der Waals surface area contributed by atoms with Crippen LogP contribution in [0.3, 0.4) is 0 Å². The number of carbonyl (C=O) groups is 1. The van der Waals surface area contributed by atoms with E-state index in [1.54, 1.807) is 12.1 Å². The van der Waals surface area contributed by atoms with Crippen LogP contribution < -0.4 is 10.1 Å². The molecule has 0 amide bonds. The molecule has 0 radical (unpaired) electrons. The SMILES string of the molecule is Cc1ccc([C@@H]2C[C@H](CNC(C)c3ccc(F)c4ccccc34)Oc3ccccc32)cc1C(=O)O.Cl. The predicted molar refractivity (Wildman–Crippen MR) is 143 cm³/mol. The number of aromatic carboxylic acids is 1. The van der Waals surface area contributed by atoms with E-state index < -0.39 is 5.97 Å². The minimum atomic E-state index is -0.914. The highest BCUT2D eigenvalue weighted by molar-refractivity contribution is 5.89. The van der Waals surface area contributed by atoms with Crippen LogP contribution in [0.25, 0.3) is 10.8 Å². The third-order valence-corrected chi connectivity index (χ3v) is 7.00. The van der Waals surface area contributed by atoms with E-state index in [1.807, 2.05) is 61.5 Å². The number of aryl methyl sites for hydroxylation is 1. The molecule has 0 fully saturated rings. The fourth-order valence-corrected chi connectivity index (χ4v) is 5.10. The molecule has 6 heteroatoms.